The van der Waals surface area contributed by atoms with Gasteiger partial charge >= 0.3 is 0 Å². The van der Waals surface area contributed by atoms with Gasteiger partial charge < -0.3 is 4.42 Å². The van der Waals surface area contributed by atoms with Crippen molar-refractivity contribution in [2.45, 2.75) is 0 Å². The summed E-state index contributed by atoms with van der Waals surface area (Å²) >= 11 is 20.2. The average molecular weight is 473 g/mol. The second-order valence-corrected chi connectivity index (χ2v) is 8.79. The van der Waals surface area contributed by atoms with Crippen molar-refractivity contribution in [3.8, 4) is 11.3 Å². The molecule has 2 heterocycles. The van der Waals surface area contributed by atoms with Crippen LogP contribution in [0.25, 0.3) is 32.5 Å². The molecule has 5 aromatic rings. The summed E-state index contributed by atoms with van der Waals surface area (Å²) in [6.45, 7) is 0. The van der Waals surface area contributed by atoms with Gasteiger partial charge in [0.05, 0.1) is 20.6 Å². The van der Waals surface area contributed by atoms with Gasteiger partial charge in [-0.1, -0.05) is 58.3 Å². The number of rotatable bonds is 3. The lowest BCUT2D eigenvalue weighted by molar-refractivity contribution is 0.618. The molecule has 0 unspecified atom stereocenters. The van der Waals surface area contributed by atoms with E-state index in [9.17, 15) is 0 Å². The van der Waals surface area contributed by atoms with E-state index in [2.05, 4.69) is 15.5 Å². The summed E-state index contributed by atoms with van der Waals surface area (Å²) in [5, 5.41) is 8.14. The molecule has 0 amide bonds. The van der Waals surface area contributed by atoms with Crippen LogP contribution in [0, 0.1) is 0 Å². The molecule has 2 aromatic heterocycles. The van der Waals surface area contributed by atoms with Crippen LogP contribution in [0.2, 0.25) is 15.1 Å². The van der Waals surface area contributed by atoms with Crippen LogP contribution >= 0.6 is 46.1 Å². The summed E-state index contributed by atoms with van der Waals surface area (Å²) in [5.41, 5.74) is 5.32. The minimum Gasteiger partial charge on any atom is -0.454 e. The Balaban J connectivity index is 1.68. The number of nitrogens with zero attached hydrogens (tertiary/aromatic N) is 2. The van der Waals surface area contributed by atoms with Gasteiger partial charge in [0.2, 0.25) is 5.13 Å². The molecule has 0 bridgehead atoms. The van der Waals surface area contributed by atoms with E-state index in [1.807, 2.05) is 42.5 Å². The monoisotopic (exact) mass is 471 g/mol. The number of aromatic nitrogens is 1. The van der Waals surface area contributed by atoms with Crippen molar-refractivity contribution in [2.75, 3.05) is 5.43 Å². The van der Waals surface area contributed by atoms with E-state index in [1.54, 1.807) is 24.3 Å². The summed E-state index contributed by atoms with van der Waals surface area (Å²) in [6.07, 6.45) is 0. The van der Waals surface area contributed by atoms with Crippen LogP contribution in [0.15, 0.2) is 76.2 Å². The molecule has 0 aliphatic carbocycles. The van der Waals surface area contributed by atoms with Crippen LogP contribution in [0.5, 0.6) is 0 Å². The van der Waals surface area contributed by atoms with E-state index in [1.165, 1.54) is 11.3 Å². The molecule has 0 aliphatic rings. The van der Waals surface area contributed by atoms with E-state index < -0.39 is 0 Å². The summed E-state index contributed by atoms with van der Waals surface area (Å²) in [4.78, 5) is 4.56. The molecule has 0 saturated heterocycles. The predicted octanol–water partition coefficient (Wildman–Crippen LogP) is 7.60. The number of halogens is 3. The Bertz CT molecular complexity index is 1430. The normalized spacial score (nSPS) is 12.0. The number of hydrogen-bond donors (Lipinski definition) is 1. The van der Waals surface area contributed by atoms with Crippen molar-refractivity contribution in [2.24, 2.45) is 5.10 Å². The van der Waals surface area contributed by atoms with Crippen LogP contribution in [0.4, 0.5) is 5.13 Å². The summed E-state index contributed by atoms with van der Waals surface area (Å²) in [7, 11) is 0. The highest BCUT2D eigenvalue weighted by molar-refractivity contribution is 7.22. The highest BCUT2D eigenvalue weighted by Crippen LogP contribution is 2.30. The Hall–Kier alpha value is -2.57. The molecule has 148 valence electrons. The maximum atomic E-state index is 6.42. The molecule has 1 N–H and O–H groups in total. The second-order valence-electron chi connectivity index (χ2n) is 6.48. The van der Waals surface area contributed by atoms with Crippen LogP contribution in [-0.4, -0.2) is 4.98 Å². The molecule has 0 saturated carbocycles. The van der Waals surface area contributed by atoms with Gasteiger partial charge in [-0.3, -0.25) is 5.43 Å². The van der Waals surface area contributed by atoms with E-state index in [0.29, 0.717) is 42.3 Å². The van der Waals surface area contributed by atoms with Gasteiger partial charge in [0.1, 0.15) is 5.76 Å². The smallest absolute Gasteiger partial charge is 0.204 e. The first-order chi connectivity index (χ1) is 14.6. The van der Waals surface area contributed by atoms with Crippen molar-refractivity contribution >= 4 is 72.5 Å². The average Bonchev–Trinajstić information content (AvgIpc) is 3.16. The van der Waals surface area contributed by atoms with Crippen molar-refractivity contribution in [1.82, 2.24) is 4.98 Å². The molecule has 4 nitrogen and oxygen atoms in total. The lowest BCUT2D eigenvalue weighted by atomic mass is 10.1. The molecule has 0 atom stereocenters. The Morgan fingerprint density at radius 2 is 1.70 bits per heavy atom. The fourth-order valence-corrected chi connectivity index (χ4v) is 4.54. The second kappa shape index (κ2) is 7.93. The molecule has 3 aromatic carbocycles. The maximum absolute atomic E-state index is 6.42. The SMILES string of the molecule is Clc1ccc(-c2cc(=NNc3nc4ccccc4s3)c3cc(Cl)cc(Cl)c3o2)cc1. The van der Waals surface area contributed by atoms with Gasteiger partial charge in [-0.05, 0) is 48.5 Å². The van der Waals surface area contributed by atoms with Gasteiger partial charge in [-0.15, -0.1) is 0 Å². The maximum Gasteiger partial charge on any atom is 0.204 e. The van der Waals surface area contributed by atoms with E-state index in [4.69, 9.17) is 39.2 Å². The van der Waals surface area contributed by atoms with Crippen LogP contribution < -0.4 is 10.8 Å². The molecular weight excluding hydrogens is 461 g/mol. The third kappa shape index (κ3) is 3.77. The van der Waals surface area contributed by atoms with Crippen LogP contribution in [0.3, 0.4) is 0 Å². The predicted molar refractivity (Wildman–Crippen MR) is 125 cm³/mol. The van der Waals surface area contributed by atoms with Gasteiger partial charge in [0, 0.05) is 27.1 Å². The largest absolute Gasteiger partial charge is 0.454 e. The number of para-hydroxylation sites is 1. The van der Waals surface area contributed by atoms with Gasteiger partial charge in [-0.2, -0.15) is 5.10 Å². The number of fused-ring (bicyclic) bond motifs is 2. The number of anilines is 1. The first-order valence-electron chi connectivity index (χ1n) is 8.91. The molecule has 30 heavy (non-hydrogen) atoms. The molecule has 8 heteroatoms. The molecule has 0 aliphatic heterocycles. The fraction of sp³-hybridized carbons (Fsp3) is 0. The fourth-order valence-electron chi connectivity index (χ4n) is 3.07. The molecule has 0 radical (unpaired) electrons. The minimum atomic E-state index is 0.407. The summed E-state index contributed by atoms with van der Waals surface area (Å²) < 4.78 is 7.16. The third-order valence-corrected chi connectivity index (χ3v) is 6.15. The molecule has 0 spiro atoms. The summed E-state index contributed by atoms with van der Waals surface area (Å²) in [6, 6.07) is 20.5. The standard InChI is InChI=1S/C22H12Cl3N3OS/c23-13-7-5-12(6-8-13)19-11-18(15-9-14(24)10-16(25)21(15)29-19)27-28-22-26-17-3-1-2-4-20(17)30-22/h1-11H,(H,26,28). The Kier molecular flexibility index (Phi) is 5.13. The molecule has 5 rings (SSSR count). The van der Waals surface area contributed by atoms with Gasteiger partial charge in [-0.25, -0.2) is 4.98 Å². The van der Waals surface area contributed by atoms with Crippen molar-refractivity contribution in [1.29, 1.82) is 0 Å². The zero-order valence-corrected chi connectivity index (χ0v) is 18.3. The lowest BCUT2D eigenvalue weighted by Gasteiger charge is -2.07. The molecule has 0 fully saturated rings. The zero-order chi connectivity index (χ0) is 20.7. The minimum absolute atomic E-state index is 0.407. The number of thiazole rings is 1. The van der Waals surface area contributed by atoms with Gasteiger partial charge in [0.15, 0.2) is 5.58 Å². The Morgan fingerprint density at radius 3 is 2.50 bits per heavy atom. The highest BCUT2D eigenvalue weighted by Gasteiger charge is 2.11. The van der Waals surface area contributed by atoms with Gasteiger partial charge in [0.25, 0.3) is 0 Å². The Morgan fingerprint density at radius 1 is 0.900 bits per heavy atom. The number of nitrogens with one attached hydrogen (secondary N) is 1. The molecular formula is C22H12Cl3N3OS. The topological polar surface area (TPSA) is 50.4 Å². The van der Waals surface area contributed by atoms with E-state index in [0.717, 1.165) is 15.8 Å². The summed E-state index contributed by atoms with van der Waals surface area (Å²) in [5.74, 6) is 0.605. The number of hydrogen-bond acceptors (Lipinski definition) is 5. The van der Waals surface area contributed by atoms with Crippen molar-refractivity contribution in [3.05, 3.63) is 87.2 Å². The lowest BCUT2D eigenvalue weighted by Crippen LogP contribution is -2.07. The zero-order valence-electron chi connectivity index (χ0n) is 15.2. The van der Waals surface area contributed by atoms with E-state index in [-0.39, 0.29) is 0 Å². The first kappa shape index (κ1) is 19.4. The van der Waals surface area contributed by atoms with E-state index >= 15 is 0 Å². The first-order valence-corrected chi connectivity index (χ1v) is 10.9. The third-order valence-electron chi connectivity index (χ3n) is 4.46. The Labute approximate surface area is 190 Å². The van der Waals surface area contributed by atoms with Crippen molar-refractivity contribution < 1.29 is 4.42 Å². The highest BCUT2D eigenvalue weighted by atomic mass is 35.5. The van der Waals surface area contributed by atoms with Crippen LogP contribution in [-0.2, 0) is 0 Å². The number of benzene rings is 3. The van der Waals surface area contributed by atoms with Crippen molar-refractivity contribution in [3.63, 3.8) is 0 Å². The quantitative estimate of drug-likeness (QED) is 0.275. The van der Waals surface area contributed by atoms with Crippen LogP contribution in [0.1, 0.15) is 0 Å².